The first-order chi connectivity index (χ1) is 15.6. The number of aromatic nitrogens is 2. The van der Waals surface area contributed by atoms with Gasteiger partial charge in [-0.2, -0.15) is 4.31 Å². The fraction of sp³-hybridized carbons (Fsp3) is 0.333. The fourth-order valence-corrected chi connectivity index (χ4v) is 5.60. The van der Waals surface area contributed by atoms with Crippen molar-refractivity contribution in [1.82, 2.24) is 14.5 Å². The number of nitrogens with zero attached hydrogens (tertiary/aromatic N) is 3. The van der Waals surface area contributed by atoms with E-state index in [1.807, 2.05) is 24.3 Å². The maximum Gasteiger partial charge on any atom is 0.276 e. The van der Waals surface area contributed by atoms with Crippen LogP contribution in [0.3, 0.4) is 0 Å². The highest BCUT2D eigenvalue weighted by molar-refractivity contribution is 7.99. The summed E-state index contributed by atoms with van der Waals surface area (Å²) >= 11 is 1.36. The number of fused-ring (bicyclic) bond motifs is 1. The summed E-state index contributed by atoms with van der Waals surface area (Å²) in [6.45, 7) is 1.90. The van der Waals surface area contributed by atoms with Crippen molar-refractivity contribution in [3.63, 3.8) is 0 Å². The van der Waals surface area contributed by atoms with Crippen molar-refractivity contribution in [3.05, 3.63) is 48.5 Å². The molecule has 11 heteroatoms. The zero-order valence-electron chi connectivity index (χ0n) is 17.0. The lowest BCUT2D eigenvalue weighted by molar-refractivity contribution is 0.0730. The second-order valence-corrected chi connectivity index (χ2v) is 10.1. The van der Waals surface area contributed by atoms with Crippen LogP contribution in [0.15, 0.2) is 63.1 Å². The molecule has 2 aromatic carbocycles. The fourth-order valence-electron chi connectivity index (χ4n) is 3.42. The number of para-hydroxylation sites is 2. The molecule has 1 aromatic heterocycles. The van der Waals surface area contributed by atoms with Gasteiger partial charge in [0.05, 0.1) is 18.1 Å². The maximum atomic E-state index is 12.9. The van der Waals surface area contributed by atoms with Gasteiger partial charge >= 0.3 is 0 Å². The standard InChI is InChI=1S/C21H21N3O6S2/c25-32(26,24-8-10-27-11-9-24)17-5-3-4-15(12-17)20-22-23-21(30-20)31-14-16-13-28-18-6-1-2-7-19(18)29-16/h1-7,12,16H,8-11,13-14H2/t16-/m1/s1. The molecule has 32 heavy (non-hydrogen) atoms. The van der Waals surface area contributed by atoms with Crippen molar-refractivity contribution in [3.8, 4) is 23.0 Å². The van der Waals surface area contributed by atoms with Gasteiger partial charge in [0, 0.05) is 24.4 Å². The lowest BCUT2D eigenvalue weighted by Crippen LogP contribution is -2.40. The second-order valence-electron chi connectivity index (χ2n) is 7.23. The molecule has 0 amide bonds. The Morgan fingerprint density at radius 2 is 1.84 bits per heavy atom. The molecule has 0 spiro atoms. The average molecular weight is 476 g/mol. The third kappa shape index (κ3) is 4.46. The van der Waals surface area contributed by atoms with Crippen LogP contribution in [0.5, 0.6) is 11.5 Å². The summed E-state index contributed by atoms with van der Waals surface area (Å²) in [5.41, 5.74) is 0.546. The molecule has 0 saturated carbocycles. The Balaban J connectivity index is 1.25. The Bertz CT molecular complexity index is 1190. The number of rotatable bonds is 6. The van der Waals surface area contributed by atoms with Gasteiger partial charge in [-0.15, -0.1) is 10.2 Å². The van der Waals surface area contributed by atoms with Gasteiger partial charge in [-0.25, -0.2) is 8.42 Å². The molecule has 2 aliphatic rings. The summed E-state index contributed by atoms with van der Waals surface area (Å²) in [6, 6.07) is 14.1. The molecular formula is C21H21N3O6S2. The predicted molar refractivity (Wildman–Crippen MR) is 116 cm³/mol. The van der Waals surface area contributed by atoms with Gasteiger partial charge in [0.2, 0.25) is 15.9 Å². The predicted octanol–water partition coefficient (Wildman–Crippen LogP) is 2.69. The van der Waals surface area contributed by atoms with E-state index in [2.05, 4.69) is 10.2 Å². The maximum absolute atomic E-state index is 12.9. The summed E-state index contributed by atoms with van der Waals surface area (Å²) in [5, 5.41) is 8.54. The number of hydrogen-bond donors (Lipinski definition) is 0. The summed E-state index contributed by atoms with van der Waals surface area (Å²) in [7, 11) is -3.61. The Morgan fingerprint density at radius 1 is 1.03 bits per heavy atom. The molecule has 168 valence electrons. The van der Waals surface area contributed by atoms with Crippen LogP contribution < -0.4 is 9.47 Å². The van der Waals surface area contributed by atoms with Crippen LogP contribution in [-0.2, 0) is 14.8 Å². The van der Waals surface area contributed by atoms with Crippen molar-refractivity contribution < 1.29 is 27.0 Å². The van der Waals surface area contributed by atoms with E-state index in [1.54, 1.807) is 24.3 Å². The first kappa shape index (κ1) is 21.3. The number of benzene rings is 2. The summed E-state index contributed by atoms with van der Waals surface area (Å²) in [6.07, 6.45) is -0.146. The van der Waals surface area contributed by atoms with Gasteiger partial charge in [0.25, 0.3) is 5.22 Å². The molecule has 0 N–H and O–H groups in total. The highest BCUT2D eigenvalue weighted by Gasteiger charge is 2.27. The average Bonchev–Trinajstić information content (AvgIpc) is 3.32. The third-order valence-corrected chi connectivity index (χ3v) is 7.90. The van der Waals surface area contributed by atoms with Gasteiger partial charge in [-0.05, 0) is 30.3 Å². The van der Waals surface area contributed by atoms with Crippen LogP contribution in [0, 0.1) is 0 Å². The molecular weight excluding hydrogens is 454 g/mol. The smallest absolute Gasteiger partial charge is 0.276 e. The van der Waals surface area contributed by atoms with Gasteiger partial charge < -0.3 is 18.6 Å². The molecule has 5 rings (SSSR count). The number of sulfonamides is 1. The third-order valence-electron chi connectivity index (χ3n) is 5.06. The SMILES string of the molecule is O=S(=O)(c1cccc(-c2nnc(SC[C@H]3COc4ccccc4O3)o2)c1)N1CCOCC1. The van der Waals surface area contributed by atoms with Gasteiger partial charge in [0.1, 0.15) is 12.7 Å². The van der Waals surface area contributed by atoms with Crippen molar-refractivity contribution >= 4 is 21.8 Å². The van der Waals surface area contributed by atoms with Gasteiger partial charge in [0.15, 0.2) is 11.5 Å². The van der Waals surface area contributed by atoms with Crippen molar-refractivity contribution in [1.29, 1.82) is 0 Å². The van der Waals surface area contributed by atoms with E-state index in [4.69, 9.17) is 18.6 Å². The Labute approximate surface area is 189 Å². The minimum atomic E-state index is -3.61. The van der Waals surface area contributed by atoms with E-state index in [1.165, 1.54) is 16.1 Å². The first-order valence-corrected chi connectivity index (χ1v) is 12.6. The molecule has 3 heterocycles. The molecule has 0 radical (unpaired) electrons. The molecule has 9 nitrogen and oxygen atoms in total. The summed E-state index contributed by atoms with van der Waals surface area (Å²) in [5.74, 6) is 2.29. The van der Waals surface area contributed by atoms with Gasteiger partial charge in [-0.1, -0.05) is 30.0 Å². The lowest BCUT2D eigenvalue weighted by atomic mass is 10.2. The van der Waals surface area contributed by atoms with Gasteiger partial charge in [-0.3, -0.25) is 0 Å². The topological polar surface area (TPSA) is 104 Å². The van der Waals surface area contributed by atoms with Crippen LogP contribution in [0.2, 0.25) is 0 Å². The molecule has 2 aliphatic heterocycles. The van der Waals surface area contributed by atoms with E-state index in [-0.39, 0.29) is 16.9 Å². The molecule has 0 aliphatic carbocycles. The van der Waals surface area contributed by atoms with Crippen LogP contribution in [0.25, 0.3) is 11.5 Å². The summed E-state index contributed by atoms with van der Waals surface area (Å²) in [4.78, 5) is 0.190. The second kappa shape index (κ2) is 9.10. The Hall–Kier alpha value is -2.60. The molecule has 1 fully saturated rings. The van der Waals surface area contributed by atoms with Crippen LogP contribution in [0.1, 0.15) is 0 Å². The lowest BCUT2D eigenvalue weighted by Gasteiger charge is -2.26. The number of ether oxygens (including phenoxy) is 3. The van der Waals surface area contributed by atoms with E-state index < -0.39 is 10.0 Å². The molecule has 1 atom stereocenters. The highest BCUT2D eigenvalue weighted by Crippen LogP contribution is 2.33. The van der Waals surface area contributed by atoms with Crippen molar-refractivity contribution in [2.24, 2.45) is 0 Å². The van der Waals surface area contributed by atoms with E-state index in [0.717, 1.165) is 5.75 Å². The van der Waals surface area contributed by atoms with Crippen LogP contribution in [-0.4, -0.2) is 67.7 Å². The monoisotopic (exact) mass is 475 g/mol. The normalized spacial score (nSPS) is 19.1. The molecule has 3 aromatic rings. The van der Waals surface area contributed by atoms with E-state index in [0.29, 0.717) is 55.2 Å². The minimum absolute atomic E-state index is 0.146. The van der Waals surface area contributed by atoms with E-state index in [9.17, 15) is 8.42 Å². The van der Waals surface area contributed by atoms with Crippen LogP contribution in [0.4, 0.5) is 0 Å². The number of thioether (sulfide) groups is 1. The largest absolute Gasteiger partial charge is 0.486 e. The molecule has 1 saturated heterocycles. The first-order valence-electron chi connectivity index (χ1n) is 10.1. The number of morpholine rings is 1. The number of hydrogen-bond acceptors (Lipinski definition) is 9. The molecule has 0 bridgehead atoms. The zero-order valence-corrected chi connectivity index (χ0v) is 18.7. The zero-order chi connectivity index (χ0) is 22.0. The summed E-state index contributed by atoms with van der Waals surface area (Å²) < 4.78 is 49.9. The van der Waals surface area contributed by atoms with E-state index >= 15 is 0 Å². The quantitative estimate of drug-likeness (QED) is 0.498. The Kier molecular flexibility index (Phi) is 6.05. The van der Waals surface area contributed by atoms with Crippen LogP contribution >= 0.6 is 11.8 Å². The molecule has 0 unspecified atom stereocenters. The minimum Gasteiger partial charge on any atom is -0.486 e. The highest BCUT2D eigenvalue weighted by atomic mass is 32.2. The van der Waals surface area contributed by atoms with Crippen molar-refractivity contribution in [2.75, 3.05) is 38.7 Å². The Morgan fingerprint density at radius 3 is 2.69 bits per heavy atom. The van der Waals surface area contributed by atoms with Crippen molar-refractivity contribution in [2.45, 2.75) is 16.2 Å².